The largest absolute Gasteiger partial charge is 0.350 e. The summed E-state index contributed by atoms with van der Waals surface area (Å²) in [6.07, 6.45) is 14.2. The lowest BCUT2D eigenvalue weighted by atomic mass is 9.89. The Labute approximate surface area is 172 Å². The van der Waals surface area contributed by atoms with Gasteiger partial charge in [0, 0.05) is 49.7 Å². The van der Waals surface area contributed by atoms with Gasteiger partial charge < -0.3 is 10.2 Å². The fourth-order valence-electron chi connectivity index (χ4n) is 3.74. The zero-order valence-corrected chi connectivity index (χ0v) is 17.0. The third-order valence-electron chi connectivity index (χ3n) is 5.06. The van der Waals surface area contributed by atoms with E-state index in [2.05, 4.69) is 20.2 Å². The zero-order chi connectivity index (χ0) is 17.5. The van der Waals surface area contributed by atoms with Crippen molar-refractivity contribution in [1.82, 2.24) is 20.3 Å². The van der Waals surface area contributed by atoms with Crippen LogP contribution in [0.1, 0.15) is 44.1 Å². The summed E-state index contributed by atoms with van der Waals surface area (Å²) in [5.74, 6) is 0.922. The topological polar surface area (TPSA) is 90.4 Å². The molecule has 7 nitrogen and oxygen atoms in total. The van der Waals surface area contributed by atoms with E-state index >= 15 is 0 Å². The lowest BCUT2D eigenvalue weighted by Gasteiger charge is -2.26. The molecule has 2 fully saturated rings. The highest BCUT2D eigenvalue weighted by molar-refractivity contribution is 5.90. The number of amides is 1. The molecule has 1 aromatic rings. The van der Waals surface area contributed by atoms with Crippen LogP contribution >= 0.6 is 24.8 Å². The first kappa shape index (κ1) is 23.6. The maximum Gasteiger partial charge on any atom is 0.267 e. The van der Waals surface area contributed by atoms with Gasteiger partial charge in [-0.1, -0.05) is 19.3 Å². The van der Waals surface area contributed by atoms with E-state index in [1.54, 1.807) is 23.9 Å². The summed E-state index contributed by atoms with van der Waals surface area (Å²) >= 11 is 0. The summed E-state index contributed by atoms with van der Waals surface area (Å²) in [6, 6.07) is 0.394. The highest BCUT2D eigenvalue weighted by Gasteiger charge is 2.25. The average Bonchev–Trinajstić information content (AvgIpc) is 3.08. The van der Waals surface area contributed by atoms with Crippen molar-refractivity contribution in [2.75, 3.05) is 25.0 Å². The van der Waals surface area contributed by atoms with Crippen LogP contribution in [0, 0.1) is 5.92 Å². The van der Waals surface area contributed by atoms with E-state index in [-0.39, 0.29) is 24.8 Å². The van der Waals surface area contributed by atoms with Gasteiger partial charge in [-0.3, -0.25) is 10.0 Å². The Balaban J connectivity index is 0.00000182. The average molecular weight is 418 g/mol. The molecule has 0 unspecified atom stereocenters. The van der Waals surface area contributed by atoms with Crippen LogP contribution in [-0.2, 0) is 4.79 Å². The summed E-state index contributed by atoms with van der Waals surface area (Å²) in [7, 11) is 0. The minimum absolute atomic E-state index is 0. The fraction of sp³-hybridized carbons (Fsp3) is 0.611. The second-order valence-electron chi connectivity index (χ2n) is 7.04. The molecule has 2 heterocycles. The quantitative estimate of drug-likeness (QED) is 0.374. The lowest BCUT2D eigenvalue weighted by molar-refractivity contribution is -0.124. The monoisotopic (exact) mass is 417 g/mol. The number of hydrogen-bond donors (Lipinski definition) is 3. The fourth-order valence-corrected chi connectivity index (χ4v) is 3.74. The number of carbonyl (C=O) groups excluding carboxylic acids is 1. The van der Waals surface area contributed by atoms with Crippen LogP contribution in [0.4, 0.5) is 5.95 Å². The van der Waals surface area contributed by atoms with E-state index in [0.717, 1.165) is 25.4 Å². The number of halogens is 2. The van der Waals surface area contributed by atoms with Gasteiger partial charge in [0.2, 0.25) is 5.95 Å². The summed E-state index contributed by atoms with van der Waals surface area (Å²) in [5, 5.41) is 11.8. The van der Waals surface area contributed by atoms with Gasteiger partial charge in [-0.15, -0.1) is 24.8 Å². The maximum absolute atomic E-state index is 10.9. The molecule has 1 aromatic heterocycles. The molecule has 1 saturated carbocycles. The van der Waals surface area contributed by atoms with Crippen LogP contribution < -0.4 is 10.8 Å². The minimum Gasteiger partial charge on any atom is -0.350 e. The number of hydrogen-bond acceptors (Lipinski definition) is 6. The number of aromatic nitrogens is 2. The molecule has 3 N–H and O–H groups in total. The molecular weight excluding hydrogens is 389 g/mol. The first-order valence-corrected chi connectivity index (χ1v) is 9.16. The Hall–Kier alpha value is -1.41. The summed E-state index contributed by atoms with van der Waals surface area (Å²) in [5.41, 5.74) is 2.25. The van der Waals surface area contributed by atoms with Crippen LogP contribution in [0.15, 0.2) is 18.5 Å². The lowest BCUT2D eigenvalue weighted by Crippen LogP contribution is -2.31. The first-order valence-electron chi connectivity index (χ1n) is 9.16. The molecule has 1 amide bonds. The highest BCUT2D eigenvalue weighted by atomic mass is 35.5. The van der Waals surface area contributed by atoms with Gasteiger partial charge in [0.15, 0.2) is 0 Å². The minimum atomic E-state index is -0.578. The molecule has 152 valence electrons. The third-order valence-corrected chi connectivity index (χ3v) is 5.06. The number of nitrogens with zero attached hydrogens (tertiary/aromatic N) is 3. The Bertz CT molecular complexity index is 594. The maximum atomic E-state index is 10.9. The molecule has 9 heteroatoms. The molecular formula is C18H29Cl2N5O2. The van der Waals surface area contributed by atoms with Crippen molar-refractivity contribution in [3.8, 4) is 0 Å². The van der Waals surface area contributed by atoms with Crippen LogP contribution in [0.2, 0.25) is 0 Å². The van der Waals surface area contributed by atoms with E-state index in [1.165, 1.54) is 44.7 Å². The Morgan fingerprint density at radius 1 is 1.19 bits per heavy atom. The second kappa shape index (κ2) is 12.1. The van der Waals surface area contributed by atoms with Gasteiger partial charge in [0.05, 0.1) is 0 Å². The zero-order valence-electron chi connectivity index (χ0n) is 15.3. The summed E-state index contributed by atoms with van der Waals surface area (Å²) in [4.78, 5) is 22.1. The number of anilines is 1. The smallest absolute Gasteiger partial charge is 0.267 e. The number of likely N-dealkylation sites (tertiary alicyclic amines) is 1. The molecule has 1 saturated heterocycles. The van der Waals surface area contributed by atoms with E-state index in [9.17, 15) is 4.79 Å². The predicted octanol–water partition coefficient (Wildman–Crippen LogP) is 2.91. The molecule has 0 aromatic carbocycles. The van der Waals surface area contributed by atoms with Crippen LogP contribution in [0.25, 0.3) is 6.08 Å². The Morgan fingerprint density at radius 2 is 1.89 bits per heavy atom. The van der Waals surface area contributed by atoms with E-state index in [0.29, 0.717) is 17.6 Å². The van der Waals surface area contributed by atoms with E-state index in [4.69, 9.17) is 5.21 Å². The van der Waals surface area contributed by atoms with Crippen molar-refractivity contribution in [3.05, 3.63) is 24.0 Å². The molecule has 1 aliphatic carbocycles. The highest BCUT2D eigenvalue weighted by Crippen LogP contribution is 2.26. The summed E-state index contributed by atoms with van der Waals surface area (Å²) < 4.78 is 0. The number of rotatable bonds is 6. The SMILES string of the molecule is Cl.Cl.O=C(/C=C/c1cnc(N[C@@H]2CCN(CC3CCCCC3)C2)nc1)NO. The van der Waals surface area contributed by atoms with Crippen molar-refractivity contribution < 1.29 is 10.0 Å². The van der Waals surface area contributed by atoms with Gasteiger partial charge >= 0.3 is 0 Å². The molecule has 27 heavy (non-hydrogen) atoms. The molecule has 3 rings (SSSR count). The van der Waals surface area contributed by atoms with Crippen molar-refractivity contribution >= 4 is 42.7 Å². The summed E-state index contributed by atoms with van der Waals surface area (Å²) in [6.45, 7) is 3.43. The Kier molecular flexibility index (Phi) is 10.6. The van der Waals surface area contributed by atoms with Gasteiger partial charge in [-0.2, -0.15) is 0 Å². The normalized spacial score (nSPS) is 20.7. The van der Waals surface area contributed by atoms with Crippen molar-refractivity contribution in [3.63, 3.8) is 0 Å². The second-order valence-corrected chi connectivity index (χ2v) is 7.04. The number of nitrogens with one attached hydrogen (secondary N) is 2. The first-order chi connectivity index (χ1) is 12.2. The van der Waals surface area contributed by atoms with Crippen LogP contribution in [0.3, 0.4) is 0 Å². The van der Waals surface area contributed by atoms with Crippen molar-refractivity contribution in [2.45, 2.75) is 44.6 Å². The standard InChI is InChI=1S/C18H27N5O2.2ClH/c24-17(22-25)7-6-15-10-19-18(20-11-15)21-16-8-9-23(13-16)12-14-4-2-1-3-5-14;;/h6-7,10-11,14,16,25H,1-5,8-9,12-13H2,(H,22,24)(H,19,20,21);2*1H/b7-6+;;/t16-;;/m1../s1. The Morgan fingerprint density at radius 3 is 2.56 bits per heavy atom. The van der Waals surface area contributed by atoms with Crippen molar-refractivity contribution in [2.24, 2.45) is 5.92 Å². The molecule has 2 aliphatic rings. The van der Waals surface area contributed by atoms with E-state index < -0.39 is 5.91 Å². The number of carbonyl (C=O) groups is 1. The van der Waals surface area contributed by atoms with Gasteiger partial charge in [-0.25, -0.2) is 15.4 Å². The van der Waals surface area contributed by atoms with Gasteiger partial charge in [0.1, 0.15) is 0 Å². The molecule has 0 bridgehead atoms. The molecule has 1 aliphatic heterocycles. The number of hydroxylamine groups is 1. The van der Waals surface area contributed by atoms with Gasteiger partial charge in [0.25, 0.3) is 5.91 Å². The molecule has 0 radical (unpaired) electrons. The van der Waals surface area contributed by atoms with Crippen molar-refractivity contribution in [1.29, 1.82) is 0 Å². The van der Waals surface area contributed by atoms with E-state index in [1.807, 2.05) is 0 Å². The molecule has 0 spiro atoms. The van der Waals surface area contributed by atoms with Gasteiger partial charge in [-0.05, 0) is 31.3 Å². The molecule has 1 atom stereocenters. The van der Waals surface area contributed by atoms with Crippen LogP contribution in [0.5, 0.6) is 0 Å². The predicted molar refractivity (Wildman–Crippen MR) is 111 cm³/mol. The third kappa shape index (κ3) is 7.62. The van der Waals surface area contributed by atoms with Crippen LogP contribution in [-0.4, -0.2) is 51.7 Å².